The lowest BCUT2D eigenvalue weighted by atomic mass is 10.2. The molecule has 0 spiro atoms. The molecule has 30 heavy (non-hydrogen) atoms. The van der Waals surface area contributed by atoms with Gasteiger partial charge in [0.2, 0.25) is 0 Å². The average molecular weight is 435 g/mol. The van der Waals surface area contributed by atoms with Crippen molar-refractivity contribution >= 4 is 15.7 Å². The van der Waals surface area contributed by atoms with Crippen LogP contribution in [0.4, 0.5) is 19.0 Å². The summed E-state index contributed by atoms with van der Waals surface area (Å²) in [7, 11) is -4.16. The van der Waals surface area contributed by atoms with Crippen LogP contribution in [-0.4, -0.2) is 36.5 Å². The molecule has 1 atom stereocenters. The highest BCUT2D eigenvalue weighted by atomic mass is 32.2. The number of alkyl halides is 3. The molecule has 158 valence electrons. The van der Waals surface area contributed by atoms with E-state index in [1.807, 2.05) is 48.2 Å². The van der Waals surface area contributed by atoms with Crippen LogP contribution in [0.25, 0.3) is 5.69 Å². The highest BCUT2D eigenvalue weighted by molar-refractivity contribution is 7.92. The average Bonchev–Trinajstić information content (AvgIpc) is 3.35. The molecule has 0 bridgehead atoms. The van der Waals surface area contributed by atoms with Crippen LogP contribution in [0.3, 0.4) is 0 Å². The van der Waals surface area contributed by atoms with Gasteiger partial charge in [-0.3, -0.25) is 0 Å². The molecule has 4 rings (SSSR count). The molecule has 1 aliphatic heterocycles. The number of benzene rings is 2. The van der Waals surface area contributed by atoms with Gasteiger partial charge in [-0.25, -0.2) is 13.1 Å². The summed E-state index contributed by atoms with van der Waals surface area (Å²) in [4.78, 5) is 1.21. The number of anilines is 1. The number of hydrogen-bond donors (Lipinski definition) is 0. The molecule has 1 fully saturated rings. The van der Waals surface area contributed by atoms with Gasteiger partial charge in [-0.15, -0.1) is 0 Å². The van der Waals surface area contributed by atoms with Crippen LogP contribution < -0.4 is 4.90 Å². The van der Waals surface area contributed by atoms with E-state index in [4.69, 9.17) is 0 Å². The van der Waals surface area contributed by atoms with Crippen LogP contribution in [0.1, 0.15) is 17.7 Å². The van der Waals surface area contributed by atoms with E-state index in [2.05, 4.69) is 5.10 Å². The summed E-state index contributed by atoms with van der Waals surface area (Å²) < 4.78 is 68.0. The zero-order chi connectivity index (χ0) is 21.5. The molecule has 0 aliphatic carbocycles. The number of sulfone groups is 1. The Hall–Kier alpha value is -2.81. The molecule has 2 aromatic carbocycles. The minimum atomic E-state index is -4.73. The Morgan fingerprint density at radius 1 is 1.03 bits per heavy atom. The maximum atomic E-state index is 13.4. The van der Waals surface area contributed by atoms with E-state index < -0.39 is 31.7 Å². The summed E-state index contributed by atoms with van der Waals surface area (Å²) >= 11 is 0. The normalized spacial score (nSPS) is 17.5. The molecule has 0 amide bonds. The lowest BCUT2D eigenvalue weighted by Gasteiger charge is -2.20. The van der Waals surface area contributed by atoms with Crippen molar-refractivity contribution in [3.05, 3.63) is 71.9 Å². The van der Waals surface area contributed by atoms with Gasteiger partial charge in [-0.2, -0.15) is 18.3 Å². The number of rotatable bonds is 4. The molecule has 0 radical (unpaired) electrons. The van der Waals surface area contributed by atoms with E-state index in [1.165, 1.54) is 12.1 Å². The van der Waals surface area contributed by atoms with Crippen molar-refractivity contribution in [2.75, 3.05) is 18.0 Å². The van der Waals surface area contributed by atoms with Crippen LogP contribution in [0.5, 0.6) is 0 Å². The maximum Gasteiger partial charge on any atom is 0.417 e. The Morgan fingerprint density at radius 2 is 1.70 bits per heavy atom. The summed E-state index contributed by atoms with van der Waals surface area (Å²) in [5.41, 5.74) is 0.477. The van der Waals surface area contributed by atoms with Gasteiger partial charge in [0.25, 0.3) is 0 Å². The fraction of sp³-hybridized carbons (Fsp3) is 0.286. The Balaban J connectivity index is 1.65. The Bertz CT molecular complexity index is 1160. The number of hydrogen-bond acceptors (Lipinski definition) is 4. The SMILES string of the molecule is Cc1cc(N2CCC(S(=O)(=O)c3ccccc3C(F)(F)F)C2)n(-c2ccccc2)n1. The third kappa shape index (κ3) is 3.69. The van der Waals surface area contributed by atoms with Crippen LogP contribution in [0, 0.1) is 6.92 Å². The minimum absolute atomic E-state index is 0.104. The van der Waals surface area contributed by atoms with Crippen molar-refractivity contribution in [2.45, 2.75) is 29.7 Å². The number of nitrogens with zero attached hydrogens (tertiary/aromatic N) is 3. The van der Waals surface area contributed by atoms with Gasteiger partial charge in [0.15, 0.2) is 9.84 Å². The largest absolute Gasteiger partial charge is 0.417 e. The Morgan fingerprint density at radius 3 is 2.40 bits per heavy atom. The molecule has 2 heterocycles. The van der Waals surface area contributed by atoms with Crippen molar-refractivity contribution in [1.29, 1.82) is 0 Å². The molecule has 1 saturated heterocycles. The standard InChI is InChI=1S/C21H20F3N3O2S/c1-15-13-20(27(25-15)16-7-3-2-4-8-16)26-12-11-17(14-26)30(28,29)19-10-6-5-9-18(19)21(22,23)24/h2-10,13,17H,11-12,14H2,1H3. The van der Waals surface area contributed by atoms with Gasteiger partial charge in [-0.1, -0.05) is 30.3 Å². The van der Waals surface area contributed by atoms with E-state index in [0.717, 1.165) is 29.3 Å². The zero-order valence-electron chi connectivity index (χ0n) is 16.2. The Labute approximate surface area is 172 Å². The van der Waals surface area contributed by atoms with E-state index in [1.54, 1.807) is 4.68 Å². The second-order valence-corrected chi connectivity index (χ2v) is 9.48. The van der Waals surface area contributed by atoms with Gasteiger partial charge in [0.05, 0.1) is 27.1 Å². The zero-order valence-corrected chi connectivity index (χ0v) is 17.0. The molecule has 1 aromatic heterocycles. The molecule has 3 aromatic rings. The van der Waals surface area contributed by atoms with Crippen molar-refractivity contribution < 1.29 is 21.6 Å². The first kappa shape index (κ1) is 20.5. The van der Waals surface area contributed by atoms with Gasteiger partial charge >= 0.3 is 6.18 Å². The fourth-order valence-corrected chi connectivity index (χ4v) is 5.70. The first-order valence-corrected chi connectivity index (χ1v) is 11.0. The van der Waals surface area contributed by atoms with E-state index in [0.29, 0.717) is 6.54 Å². The first-order chi connectivity index (χ1) is 14.2. The second-order valence-electron chi connectivity index (χ2n) is 7.29. The molecule has 1 unspecified atom stereocenters. The number of para-hydroxylation sites is 1. The smallest absolute Gasteiger partial charge is 0.355 e. The van der Waals surface area contributed by atoms with Crippen molar-refractivity contribution in [1.82, 2.24) is 9.78 Å². The van der Waals surface area contributed by atoms with Crippen molar-refractivity contribution in [3.8, 4) is 5.69 Å². The highest BCUT2D eigenvalue weighted by Crippen LogP contribution is 2.37. The highest BCUT2D eigenvalue weighted by Gasteiger charge is 2.42. The summed E-state index contributed by atoms with van der Waals surface area (Å²) in [5.74, 6) is 0.723. The van der Waals surface area contributed by atoms with Crippen molar-refractivity contribution in [2.24, 2.45) is 0 Å². The van der Waals surface area contributed by atoms with Gasteiger partial charge in [0.1, 0.15) is 5.82 Å². The predicted molar refractivity (Wildman–Crippen MR) is 108 cm³/mol. The lowest BCUT2D eigenvalue weighted by molar-refractivity contribution is -0.139. The van der Waals surface area contributed by atoms with Crippen LogP contribution >= 0.6 is 0 Å². The monoisotopic (exact) mass is 435 g/mol. The van der Waals surface area contributed by atoms with E-state index in [9.17, 15) is 21.6 Å². The third-order valence-electron chi connectivity index (χ3n) is 5.22. The topological polar surface area (TPSA) is 55.2 Å². The number of aryl methyl sites for hydroxylation is 1. The summed E-state index contributed by atoms with van der Waals surface area (Å²) in [6, 6.07) is 15.6. The van der Waals surface area contributed by atoms with Crippen LogP contribution in [0.15, 0.2) is 65.6 Å². The predicted octanol–water partition coefficient (Wildman–Crippen LogP) is 4.25. The molecular formula is C21H20F3N3O2S. The third-order valence-corrected chi connectivity index (χ3v) is 7.45. The number of aromatic nitrogens is 2. The van der Waals surface area contributed by atoms with Gasteiger partial charge < -0.3 is 4.90 Å². The lowest BCUT2D eigenvalue weighted by Crippen LogP contribution is -2.29. The first-order valence-electron chi connectivity index (χ1n) is 9.45. The maximum absolute atomic E-state index is 13.4. The minimum Gasteiger partial charge on any atom is -0.355 e. The molecule has 9 heteroatoms. The van der Waals surface area contributed by atoms with Crippen LogP contribution in [0.2, 0.25) is 0 Å². The van der Waals surface area contributed by atoms with Gasteiger partial charge in [0, 0.05) is 19.2 Å². The van der Waals surface area contributed by atoms with Gasteiger partial charge in [-0.05, 0) is 37.6 Å². The molecule has 1 aliphatic rings. The fourth-order valence-electron chi connectivity index (χ4n) is 3.79. The molecular weight excluding hydrogens is 415 g/mol. The van der Waals surface area contributed by atoms with E-state index in [-0.39, 0.29) is 13.0 Å². The number of halogens is 3. The van der Waals surface area contributed by atoms with Crippen LogP contribution in [-0.2, 0) is 16.0 Å². The molecule has 5 nitrogen and oxygen atoms in total. The van der Waals surface area contributed by atoms with E-state index >= 15 is 0 Å². The summed E-state index contributed by atoms with van der Waals surface area (Å²) in [6.45, 7) is 2.36. The quantitative estimate of drug-likeness (QED) is 0.615. The summed E-state index contributed by atoms with van der Waals surface area (Å²) in [5, 5.41) is 3.56. The Kier molecular flexibility index (Phi) is 5.09. The molecule has 0 N–H and O–H groups in total. The second kappa shape index (κ2) is 7.46. The molecule has 0 saturated carbocycles. The summed E-state index contributed by atoms with van der Waals surface area (Å²) in [6.07, 6.45) is -4.49. The van der Waals surface area contributed by atoms with Crippen molar-refractivity contribution in [3.63, 3.8) is 0 Å².